The molecule has 4 rings (SSSR count). The SMILES string of the molecule is Cc1nc2c(=O)n(CC(=O)Nc3ccc(Cl)c(Cl)c3)nc(-c3ccco3)c2s1. The van der Waals surface area contributed by atoms with E-state index >= 15 is 0 Å². The van der Waals surface area contributed by atoms with Gasteiger partial charge in [0.2, 0.25) is 5.91 Å². The fourth-order valence-corrected chi connectivity index (χ4v) is 3.86. The quantitative estimate of drug-likeness (QED) is 0.514. The molecule has 0 spiro atoms. The fourth-order valence-electron chi connectivity index (χ4n) is 2.66. The van der Waals surface area contributed by atoms with Gasteiger partial charge in [-0.05, 0) is 37.3 Å². The maximum Gasteiger partial charge on any atom is 0.294 e. The number of fused-ring (bicyclic) bond motifs is 1. The van der Waals surface area contributed by atoms with E-state index in [0.29, 0.717) is 31.9 Å². The molecule has 0 atom stereocenters. The summed E-state index contributed by atoms with van der Waals surface area (Å²) in [5, 5.41) is 8.43. The molecule has 0 bridgehead atoms. The van der Waals surface area contributed by atoms with Crippen LogP contribution in [0.15, 0.2) is 45.8 Å². The van der Waals surface area contributed by atoms with Gasteiger partial charge in [-0.3, -0.25) is 9.59 Å². The average Bonchev–Trinajstić information content (AvgIpc) is 3.30. The van der Waals surface area contributed by atoms with Gasteiger partial charge in [-0.2, -0.15) is 5.10 Å². The largest absolute Gasteiger partial charge is 0.463 e. The summed E-state index contributed by atoms with van der Waals surface area (Å²) in [6.07, 6.45) is 1.52. The van der Waals surface area contributed by atoms with E-state index in [-0.39, 0.29) is 12.1 Å². The average molecular weight is 435 g/mol. The molecule has 28 heavy (non-hydrogen) atoms. The zero-order valence-electron chi connectivity index (χ0n) is 14.4. The zero-order chi connectivity index (χ0) is 19.8. The Kier molecular flexibility index (Phi) is 4.92. The summed E-state index contributed by atoms with van der Waals surface area (Å²) in [6, 6.07) is 8.18. The summed E-state index contributed by atoms with van der Waals surface area (Å²) in [5.41, 5.74) is 0.738. The Hall–Kier alpha value is -2.68. The molecule has 10 heteroatoms. The number of hydrogen-bond acceptors (Lipinski definition) is 6. The van der Waals surface area contributed by atoms with E-state index in [9.17, 15) is 9.59 Å². The molecule has 1 aromatic carbocycles. The van der Waals surface area contributed by atoms with Crippen LogP contribution in [-0.4, -0.2) is 20.7 Å². The number of thiazole rings is 1. The molecule has 0 aliphatic carbocycles. The lowest BCUT2D eigenvalue weighted by Gasteiger charge is -2.09. The number of hydrogen-bond donors (Lipinski definition) is 1. The highest BCUT2D eigenvalue weighted by Gasteiger charge is 2.19. The number of rotatable bonds is 4. The highest BCUT2D eigenvalue weighted by Crippen LogP contribution is 2.29. The Morgan fingerprint density at radius 3 is 2.82 bits per heavy atom. The summed E-state index contributed by atoms with van der Waals surface area (Å²) in [5.74, 6) is 0.0528. The highest BCUT2D eigenvalue weighted by atomic mass is 35.5. The summed E-state index contributed by atoms with van der Waals surface area (Å²) in [4.78, 5) is 29.5. The lowest BCUT2D eigenvalue weighted by atomic mass is 10.3. The summed E-state index contributed by atoms with van der Waals surface area (Å²) in [6.45, 7) is 1.51. The Bertz CT molecular complexity index is 1250. The molecule has 1 N–H and O–H groups in total. The summed E-state index contributed by atoms with van der Waals surface area (Å²) < 4.78 is 7.13. The third kappa shape index (κ3) is 3.54. The van der Waals surface area contributed by atoms with E-state index < -0.39 is 11.5 Å². The van der Waals surface area contributed by atoms with Gasteiger partial charge < -0.3 is 9.73 Å². The van der Waals surface area contributed by atoms with Gasteiger partial charge in [-0.25, -0.2) is 9.67 Å². The molecule has 0 fully saturated rings. The van der Waals surface area contributed by atoms with Gasteiger partial charge in [0.05, 0.1) is 26.0 Å². The van der Waals surface area contributed by atoms with Gasteiger partial charge in [0, 0.05) is 5.69 Å². The number of furan rings is 1. The maximum atomic E-state index is 12.7. The number of nitrogens with one attached hydrogen (secondary N) is 1. The van der Waals surface area contributed by atoms with Crippen LogP contribution in [0.3, 0.4) is 0 Å². The Morgan fingerprint density at radius 1 is 1.29 bits per heavy atom. The van der Waals surface area contributed by atoms with Gasteiger partial charge in [-0.1, -0.05) is 23.2 Å². The number of amides is 1. The number of halogens is 2. The van der Waals surface area contributed by atoms with E-state index in [4.69, 9.17) is 27.6 Å². The molecule has 7 nitrogen and oxygen atoms in total. The van der Waals surface area contributed by atoms with Crippen LogP contribution >= 0.6 is 34.5 Å². The van der Waals surface area contributed by atoms with Crippen molar-refractivity contribution in [2.24, 2.45) is 0 Å². The minimum atomic E-state index is -0.445. The number of benzene rings is 1. The molecule has 0 saturated carbocycles. The van der Waals surface area contributed by atoms with Crippen molar-refractivity contribution in [1.29, 1.82) is 0 Å². The number of carbonyl (C=O) groups excluding carboxylic acids is 1. The molecular weight excluding hydrogens is 423 g/mol. The van der Waals surface area contributed by atoms with Crippen molar-refractivity contribution in [3.63, 3.8) is 0 Å². The minimum Gasteiger partial charge on any atom is -0.463 e. The normalized spacial score (nSPS) is 11.1. The number of anilines is 1. The Labute approximate surface area is 172 Å². The van der Waals surface area contributed by atoms with Crippen molar-refractivity contribution in [1.82, 2.24) is 14.8 Å². The number of nitrogens with zero attached hydrogens (tertiary/aromatic N) is 3. The first-order valence-electron chi connectivity index (χ1n) is 8.09. The molecule has 0 aliphatic heterocycles. The van der Waals surface area contributed by atoms with Crippen LogP contribution in [0.4, 0.5) is 5.69 Å². The van der Waals surface area contributed by atoms with Crippen molar-refractivity contribution in [2.75, 3.05) is 5.32 Å². The van der Waals surface area contributed by atoms with Crippen molar-refractivity contribution < 1.29 is 9.21 Å². The summed E-state index contributed by atoms with van der Waals surface area (Å²) in [7, 11) is 0. The van der Waals surface area contributed by atoms with Crippen molar-refractivity contribution in [3.8, 4) is 11.5 Å². The first-order chi connectivity index (χ1) is 13.4. The van der Waals surface area contributed by atoms with Crippen LogP contribution in [0.5, 0.6) is 0 Å². The first kappa shape index (κ1) is 18.7. The van der Waals surface area contributed by atoms with Gasteiger partial charge in [-0.15, -0.1) is 11.3 Å². The second-order valence-corrected chi connectivity index (χ2v) is 7.89. The second kappa shape index (κ2) is 7.38. The van der Waals surface area contributed by atoms with Gasteiger partial charge in [0.1, 0.15) is 12.2 Å². The van der Waals surface area contributed by atoms with Gasteiger partial charge >= 0.3 is 0 Å². The molecule has 0 radical (unpaired) electrons. The van der Waals surface area contributed by atoms with Crippen LogP contribution in [0, 0.1) is 6.92 Å². The van der Waals surface area contributed by atoms with Crippen LogP contribution < -0.4 is 10.9 Å². The topological polar surface area (TPSA) is 90.0 Å². The van der Waals surface area contributed by atoms with Crippen LogP contribution in [0.1, 0.15) is 5.01 Å². The van der Waals surface area contributed by atoms with E-state index in [1.807, 2.05) is 0 Å². The zero-order valence-corrected chi connectivity index (χ0v) is 16.7. The Balaban J connectivity index is 1.70. The molecule has 0 aliphatic rings. The molecule has 3 aromatic heterocycles. The standard InChI is InChI=1S/C18H12Cl2N4O3S/c1-9-21-16-17(28-9)15(13-3-2-6-27-13)23-24(18(16)26)8-14(25)22-10-4-5-11(19)12(20)7-10/h2-7H,8H2,1H3,(H,22,25). The van der Waals surface area contributed by atoms with Gasteiger partial charge in [0.25, 0.3) is 5.56 Å². The molecule has 4 aromatic rings. The van der Waals surface area contributed by atoms with E-state index in [2.05, 4.69) is 15.4 Å². The summed E-state index contributed by atoms with van der Waals surface area (Å²) >= 11 is 13.2. The van der Waals surface area contributed by atoms with Crippen LogP contribution in [0.2, 0.25) is 10.0 Å². The number of carbonyl (C=O) groups is 1. The second-order valence-electron chi connectivity index (χ2n) is 5.88. The molecular formula is C18H12Cl2N4O3S. The molecule has 142 valence electrons. The molecule has 0 unspecified atom stereocenters. The van der Waals surface area contributed by atoms with Gasteiger partial charge in [0.15, 0.2) is 11.3 Å². The molecule has 1 amide bonds. The third-order valence-corrected chi connectivity index (χ3v) is 5.57. The van der Waals surface area contributed by atoms with Crippen molar-refractivity contribution in [2.45, 2.75) is 13.5 Å². The minimum absolute atomic E-state index is 0.256. The van der Waals surface area contributed by atoms with E-state index in [0.717, 1.165) is 9.69 Å². The predicted molar refractivity (Wildman–Crippen MR) is 109 cm³/mol. The number of aromatic nitrogens is 3. The van der Waals surface area contributed by atoms with E-state index in [1.54, 1.807) is 31.2 Å². The highest BCUT2D eigenvalue weighted by molar-refractivity contribution is 7.19. The van der Waals surface area contributed by atoms with Crippen LogP contribution in [0.25, 0.3) is 21.7 Å². The third-order valence-electron chi connectivity index (χ3n) is 3.86. The van der Waals surface area contributed by atoms with Crippen LogP contribution in [-0.2, 0) is 11.3 Å². The van der Waals surface area contributed by atoms with E-state index in [1.165, 1.54) is 23.7 Å². The smallest absolute Gasteiger partial charge is 0.294 e. The molecule has 0 saturated heterocycles. The lowest BCUT2D eigenvalue weighted by Crippen LogP contribution is -2.30. The monoisotopic (exact) mass is 434 g/mol. The molecule has 3 heterocycles. The lowest BCUT2D eigenvalue weighted by molar-refractivity contribution is -0.117. The Morgan fingerprint density at radius 2 is 2.11 bits per heavy atom. The first-order valence-corrected chi connectivity index (χ1v) is 9.66. The maximum absolute atomic E-state index is 12.7. The number of aryl methyl sites for hydroxylation is 1. The van der Waals surface area contributed by atoms with Crippen molar-refractivity contribution >= 4 is 56.3 Å². The predicted octanol–water partition coefficient (Wildman–Crippen LogP) is 4.37. The fraction of sp³-hybridized carbons (Fsp3) is 0.111. The van der Waals surface area contributed by atoms with Crippen molar-refractivity contribution in [3.05, 3.63) is 62.0 Å².